The van der Waals surface area contributed by atoms with Gasteiger partial charge in [0.1, 0.15) is 5.54 Å². The van der Waals surface area contributed by atoms with Gasteiger partial charge in [0.05, 0.1) is 6.54 Å². The molecule has 0 radical (unpaired) electrons. The molecule has 0 aromatic carbocycles. The van der Waals surface area contributed by atoms with Gasteiger partial charge in [-0.1, -0.05) is 13.8 Å². The summed E-state index contributed by atoms with van der Waals surface area (Å²) in [5.41, 5.74) is -0.683. The predicted octanol–water partition coefficient (Wildman–Crippen LogP) is 0.522. The minimum atomic E-state index is -0.683. The molecule has 1 saturated carbocycles. The van der Waals surface area contributed by atoms with Crippen LogP contribution in [0.2, 0.25) is 0 Å². The van der Waals surface area contributed by atoms with Crippen LogP contribution in [0.5, 0.6) is 0 Å². The lowest BCUT2D eigenvalue weighted by Crippen LogP contribution is -2.65. The van der Waals surface area contributed by atoms with Crippen LogP contribution in [0, 0.1) is 5.92 Å². The molecule has 1 heterocycles. The zero-order chi connectivity index (χ0) is 11.2. The summed E-state index contributed by atoms with van der Waals surface area (Å²) in [5.74, 6) is 0.609. The minimum Gasteiger partial charge on any atom is -0.340 e. The van der Waals surface area contributed by atoms with Crippen molar-refractivity contribution < 1.29 is 9.59 Å². The van der Waals surface area contributed by atoms with Crippen molar-refractivity contribution in [3.8, 4) is 0 Å². The molecular weight excluding hydrogens is 192 g/mol. The van der Waals surface area contributed by atoms with Crippen molar-refractivity contribution in [2.75, 3.05) is 6.54 Å². The highest BCUT2D eigenvalue weighted by atomic mass is 16.2. The van der Waals surface area contributed by atoms with Crippen molar-refractivity contribution in [2.24, 2.45) is 5.92 Å². The average molecular weight is 210 g/mol. The number of hydrogen-bond acceptors (Lipinski definition) is 2. The average Bonchev–Trinajstić information content (AvgIpc) is 2.89. The highest BCUT2D eigenvalue weighted by molar-refractivity contribution is 5.98. The Morgan fingerprint density at radius 2 is 2.13 bits per heavy atom. The Kier molecular flexibility index (Phi) is 2.24. The molecular formula is C11H18N2O2. The summed E-state index contributed by atoms with van der Waals surface area (Å²) in [5, 5.41) is 2.79. The molecule has 0 aromatic heterocycles. The van der Waals surface area contributed by atoms with Gasteiger partial charge in [0.15, 0.2) is 0 Å². The van der Waals surface area contributed by atoms with E-state index in [1.54, 1.807) is 4.90 Å². The molecule has 4 heteroatoms. The van der Waals surface area contributed by atoms with Crippen LogP contribution in [0.15, 0.2) is 0 Å². The number of rotatable bonds is 2. The van der Waals surface area contributed by atoms with Crippen LogP contribution in [-0.2, 0) is 9.59 Å². The Balaban J connectivity index is 2.18. The normalized spacial score (nSPS) is 40.3. The molecule has 0 bridgehead atoms. The molecule has 2 fully saturated rings. The Hall–Kier alpha value is -1.06. The Morgan fingerprint density at radius 1 is 1.53 bits per heavy atom. The quantitative estimate of drug-likeness (QED) is 0.722. The van der Waals surface area contributed by atoms with Gasteiger partial charge < -0.3 is 10.2 Å². The number of nitrogens with one attached hydrogen (secondary N) is 1. The zero-order valence-corrected chi connectivity index (χ0v) is 9.54. The van der Waals surface area contributed by atoms with Crippen LogP contribution in [0.25, 0.3) is 0 Å². The Labute approximate surface area is 90.0 Å². The minimum absolute atomic E-state index is 0.0296. The van der Waals surface area contributed by atoms with E-state index < -0.39 is 5.54 Å². The molecule has 4 nitrogen and oxygen atoms in total. The molecule has 3 unspecified atom stereocenters. The highest BCUT2D eigenvalue weighted by Gasteiger charge is 2.49. The third-order valence-electron chi connectivity index (χ3n) is 3.64. The first-order valence-electron chi connectivity index (χ1n) is 5.60. The number of hydrogen-bond donors (Lipinski definition) is 1. The summed E-state index contributed by atoms with van der Waals surface area (Å²) in [6.45, 7) is 6.10. The lowest BCUT2D eigenvalue weighted by molar-refractivity contribution is -0.150. The highest BCUT2D eigenvalue weighted by Crippen LogP contribution is 2.37. The maximum Gasteiger partial charge on any atom is 0.248 e. The van der Waals surface area contributed by atoms with Crippen LogP contribution in [0.4, 0.5) is 0 Å². The van der Waals surface area contributed by atoms with Crippen LogP contribution in [0.3, 0.4) is 0 Å². The maximum atomic E-state index is 12.2. The zero-order valence-electron chi connectivity index (χ0n) is 9.54. The first-order valence-corrected chi connectivity index (χ1v) is 5.60. The van der Waals surface area contributed by atoms with Gasteiger partial charge in [0.2, 0.25) is 11.8 Å². The number of nitrogens with zero attached hydrogens (tertiary/aromatic N) is 1. The van der Waals surface area contributed by atoms with Crippen molar-refractivity contribution >= 4 is 11.8 Å². The molecule has 2 amide bonds. The van der Waals surface area contributed by atoms with Crippen molar-refractivity contribution in [3.05, 3.63) is 0 Å². The molecule has 1 N–H and O–H groups in total. The van der Waals surface area contributed by atoms with E-state index in [9.17, 15) is 9.59 Å². The van der Waals surface area contributed by atoms with E-state index in [2.05, 4.69) is 12.2 Å². The third kappa shape index (κ3) is 1.62. The van der Waals surface area contributed by atoms with E-state index in [0.29, 0.717) is 18.4 Å². The summed E-state index contributed by atoms with van der Waals surface area (Å²) in [6.07, 6.45) is 1.69. The molecule has 1 saturated heterocycles. The molecule has 3 atom stereocenters. The van der Waals surface area contributed by atoms with Crippen LogP contribution >= 0.6 is 0 Å². The molecule has 0 aromatic rings. The van der Waals surface area contributed by atoms with E-state index >= 15 is 0 Å². The van der Waals surface area contributed by atoms with Gasteiger partial charge in [-0.2, -0.15) is 0 Å². The molecule has 84 valence electrons. The second-order valence-corrected chi connectivity index (χ2v) is 4.95. The van der Waals surface area contributed by atoms with Gasteiger partial charge in [0, 0.05) is 6.04 Å². The fourth-order valence-electron chi connectivity index (χ4n) is 2.19. The summed E-state index contributed by atoms with van der Waals surface area (Å²) in [4.78, 5) is 25.4. The number of carbonyl (C=O) groups is 2. The first kappa shape index (κ1) is 10.5. The fourth-order valence-corrected chi connectivity index (χ4v) is 2.19. The SMILES string of the molecule is CCC1(C)NC(=O)CN(C2CC2C)C1=O. The molecule has 1 aliphatic carbocycles. The van der Waals surface area contributed by atoms with E-state index in [1.807, 2.05) is 13.8 Å². The summed E-state index contributed by atoms with van der Waals surface area (Å²) in [7, 11) is 0. The fraction of sp³-hybridized carbons (Fsp3) is 0.818. The molecule has 2 aliphatic rings. The molecule has 1 aliphatic heterocycles. The van der Waals surface area contributed by atoms with E-state index in [-0.39, 0.29) is 18.4 Å². The van der Waals surface area contributed by atoms with Crippen LogP contribution in [-0.4, -0.2) is 34.8 Å². The van der Waals surface area contributed by atoms with Crippen molar-refractivity contribution in [2.45, 2.75) is 45.2 Å². The topological polar surface area (TPSA) is 49.4 Å². The molecule has 15 heavy (non-hydrogen) atoms. The van der Waals surface area contributed by atoms with Gasteiger partial charge in [0.25, 0.3) is 0 Å². The largest absolute Gasteiger partial charge is 0.340 e. The van der Waals surface area contributed by atoms with Gasteiger partial charge in [-0.3, -0.25) is 9.59 Å². The lowest BCUT2D eigenvalue weighted by Gasteiger charge is -2.39. The van der Waals surface area contributed by atoms with E-state index in [4.69, 9.17) is 0 Å². The standard InChI is InChI=1S/C11H18N2O2/c1-4-11(3)10(15)13(6-9(14)12-11)8-5-7(8)2/h7-8H,4-6H2,1-3H3,(H,12,14). The van der Waals surface area contributed by atoms with Crippen molar-refractivity contribution in [1.82, 2.24) is 10.2 Å². The number of piperazine rings is 1. The smallest absolute Gasteiger partial charge is 0.248 e. The molecule has 0 spiro atoms. The first-order chi connectivity index (χ1) is 6.98. The lowest BCUT2D eigenvalue weighted by atomic mass is 9.94. The summed E-state index contributed by atoms with van der Waals surface area (Å²) >= 11 is 0. The monoisotopic (exact) mass is 210 g/mol. The van der Waals surface area contributed by atoms with E-state index in [0.717, 1.165) is 6.42 Å². The number of amides is 2. The maximum absolute atomic E-state index is 12.2. The third-order valence-corrected chi connectivity index (χ3v) is 3.64. The van der Waals surface area contributed by atoms with Gasteiger partial charge >= 0.3 is 0 Å². The second-order valence-electron chi connectivity index (χ2n) is 4.95. The van der Waals surface area contributed by atoms with Crippen LogP contribution < -0.4 is 5.32 Å². The Morgan fingerprint density at radius 3 is 2.60 bits per heavy atom. The summed E-state index contributed by atoms with van der Waals surface area (Å²) in [6, 6.07) is 0.300. The second kappa shape index (κ2) is 3.22. The van der Waals surface area contributed by atoms with Crippen molar-refractivity contribution in [3.63, 3.8) is 0 Å². The predicted molar refractivity (Wildman–Crippen MR) is 56.1 cm³/mol. The van der Waals surface area contributed by atoms with Crippen LogP contribution in [0.1, 0.15) is 33.6 Å². The molecule has 2 rings (SSSR count). The van der Waals surface area contributed by atoms with Crippen molar-refractivity contribution in [1.29, 1.82) is 0 Å². The summed E-state index contributed by atoms with van der Waals surface area (Å²) < 4.78 is 0. The van der Waals surface area contributed by atoms with Gasteiger partial charge in [-0.15, -0.1) is 0 Å². The van der Waals surface area contributed by atoms with Gasteiger partial charge in [-0.05, 0) is 25.7 Å². The van der Waals surface area contributed by atoms with Gasteiger partial charge in [-0.25, -0.2) is 0 Å². The number of carbonyl (C=O) groups excluding carboxylic acids is 2. The van der Waals surface area contributed by atoms with E-state index in [1.165, 1.54) is 0 Å². The Bertz CT molecular complexity index is 316.